The Bertz CT molecular complexity index is 4290. The molecule has 5 aliphatic rings. The highest BCUT2D eigenvalue weighted by molar-refractivity contribution is 7.48. The van der Waals surface area contributed by atoms with Gasteiger partial charge < -0.3 is 86.0 Å². The third-order valence-corrected chi connectivity index (χ3v) is 19.0. The van der Waals surface area contributed by atoms with Crippen molar-refractivity contribution in [2.75, 3.05) is 50.2 Å². The Kier molecular flexibility index (Phi) is 19.6. The first-order chi connectivity index (χ1) is 44.3. The van der Waals surface area contributed by atoms with Crippen molar-refractivity contribution in [3.05, 3.63) is 84.7 Å². The highest BCUT2D eigenvalue weighted by Gasteiger charge is 2.54. The van der Waals surface area contributed by atoms with Crippen LogP contribution in [0.15, 0.2) is 56.6 Å². The van der Waals surface area contributed by atoms with Gasteiger partial charge in [-0.3, -0.25) is 78.8 Å². The smallest absolute Gasteiger partial charge is 0.457 e. The van der Waals surface area contributed by atoms with Gasteiger partial charge in [-0.05, 0) is 13.0 Å². The summed E-state index contributed by atoms with van der Waals surface area (Å²) in [5, 5.41) is 54.8. The number of aliphatic hydroxyl groups is 5. The molecular weight excluding hydrogens is 1360 g/mol. The second kappa shape index (κ2) is 26.8. The number of rotatable bonds is 25. The highest BCUT2D eigenvalue weighted by atomic mass is 31.2. The highest BCUT2D eigenvalue weighted by Crippen LogP contribution is 2.55. The summed E-state index contributed by atoms with van der Waals surface area (Å²) in [6, 6.07) is 1.18. The van der Waals surface area contributed by atoms with Gasteiger partial charge in [0.1, 0.15) is 97.1 Å². The topological polar surface area (TPSA) is 662 Å². The maximum atomic E-state index is 13.9. The molecule has 11 heterocycles. The van der Waals surface area contributed by atoms with E-state index in [1.165, 1.54) is 13.0 Å². The number of nitrogen functional groups attached to an aromatic ring is 3. The van der Waals surface area contributed by atoms with E-state index in [4.69, 9.17) is 77.1 Å². The summed E-state index contributed by atoms with van der Waals surface area (Å²) in [7, 11) is -22.1. The molecule has 46 nitrogen and oxygen atoms in total. The van der Waals surface area contributed by atoms with Crippen LogP contribution in [0.5, 0.6) is 0 Å². The van der Waals surface area contributed by atoms with Crippen molar-refractivity contribution in [1.82, 2.24) is 58.1 Å². The van der Waals surface area contributed by atoms with E-state index < -0.39 is 209 Å². The number of aromatic nitrogens is 12. The molecule has 4 unspecified atom stereocenters. The number of phosphoric ester groups is 4. The lowest BCUT2D eigenvalue weighted by Gasteiger charge is -2.26. The molecule has 0 amide bonds. The number of nitrogens with one attached hydrogen (secondary N) is 2. The third kappa shape index (κ3) is 14.6. The minimum Gasteiger partial charge on any atom is -0.457 e. The van der Waals surface area contributed by atoms with Gasteiger partial charge in [-0.2, -0.15) is 9.97 Å². The molecule has 5 aliphatic heterocycles. The molecule has 11 rings (SSSR count). The van der Waals surface area contributed by atoms with Crippen LogP contribution in [0.25, 0.3) is 22.3 Å². The van der Waals surface area contributed by atoms with Crippen LogP contribution in [0.3, 0.4) is 0 Å². The van der Waals surface area contributed by atoms with Crippen LogP contribution in [0, 0.1) is 6.92 Å². The van der Waals surface area contributed by atoms with Gasteiger partial charge in [-0.15, -0.1) is 0 Å². The first-order valence-electron chi connectivity index (χ1n) is 27.4. The number of H-pyrrole nitrogens is 2. The van der Waals surface area contributed by atoms with Gasteiger partial charge in [0.15, 0.2) is 47.4 Å². The minimum absolute atomic E-state index is 0.00544. The van der Waals surface area contributed by atoms with Gasteiger partial charge in [0, 0.05) is 24.4 Å². The summed E-state index contributed by atoms with van der Waals surface area (Å²) in [4.78, 5) is 134. The summed E-state index contributed by atoms with van der Waals surface area (Å²) in [6.45, 7) is -4.03. The predicted molar refractivity (Wildman–Crippen MR) is 300 cm³/mol. The van der Waals surface area contributed by atoms with Crippen molar-refractivity contribution in [3.63, 3.8) is 0 Å². The van der Waals surface area contributed by atoms with Crippen molar-refractivity contribution in [1.29, 1.82) is 0 Å². The van der Waals surface area contributed by atoms with E-state index in [1.54, 1.807) is 0 Å². The fourth-order valence-corrected chi connectivity index (χ4v) is 14.4. The SMILES string of the molecule is Cc1cn([C@H]2C[C@H](OP(=O)(O)OC[C@H]3O[C@@H](n4cnc5c(=O)[nH]c(N)nc54)[C@H](O)[C@@H]3OP(=O)(O)OC[C@H]3OC(=O)C[C@@H]3OP(=O)(O)OC[C@H]3O[C@@H](n4cnc5c(N)ncnc54)[C@H](O)[C@@H]3OP(=O)(O)OC[C@H]3O[C@@H](n4ccc(N)nc4=O)[C@H](O)[C@@H]3O)[C@@H](CO)O2)c(=O)[nH]c1=O. The molecule has 0 saturated carbocycles. The lowest BCUT2D eigenvalue weighted by molar-refractivity contribution is -0.143. The molecule has 94 heavy (non-hydrogen) atoms. The number of anilines is 3. The van der Waals surface area contributed by atoms with E-state index in [0.29, 0.717) is 0 Å². The standard InChI is InChI=1S/C44H57N15O31P4/c1-15-6-57(44(69)55-37(15)66)24-4-16(18(7-60)82-24)87-91(70,71)80-11-22-33(31(65)41(86-22)59-14-51-27-36(59)53-42(47)54-38(27)67)89-93(74,75)78-8-19-17(5-25(61)83-19)88-92(72,73)81-10-21-32(30(64)40(85-21)58-13-50-26-34(46)48-12-49-35(26)58)90-94(76,77)79-9-20-28(62)29(63)39(84-20)56-3-2-23(45)52-43(56)68/h2-3,6,12-14,16-22,24,28-33,39-41,60,62-65H,4-5,7-11H2,1H3,(H,70,71)(H,72,73)(H,74,75)(H,76,77)(H2,45,52,68)(H2,46,48,49)(H,55,66,69)(H3,47,53,54,67)/t16-,17-,18+,19+,20+,21+,22+,24+,28+,29+,30+,31+,32+,33+,39+,40+,41+/m0/s1. The van der Waals surface area contributed by atoms with Crippen LogP contribution in [-0.4, -0.2) is 222 Å². The molecule has 5 fully saturated rings. The second-order valence-corrected chi connectivity index (χ2v) is 26.9. The number of hydrogen-bond acceptors (Lipinski definition) is 36. The van der Waals surface area contributed by atoms with E-state index in [2.05, 4.69) is 39.9 Å². The van der Waals surface area contributed by atoms with E-state index >= 15 is 0 Å². The summed E-state index contributed by atoms with van der Waals surface area (Å²) in [5.74, 6) is -1.88. The number of carbonyl (C=O) groups excluding carboxylic acids is 1. The largest absolute Gasteiger partial charge is 0.472 e. The molecule has 0 aliphatic carbocycles. The van der Waals surface area contributed by atoms with Crippen molar-refractivity contribution in [3.8, 4) is 0 Å². The molecule has 0 spiro atoms. The molecule has 0 radical (unpaired) electrons. The molecule has 50 heteroatoms. The Labute approximate surface area is 521 Å². The maximum absolute atomic E-state index is 13.9. The molecule has 0 aromatic carbocycles. The number of fused-ring (bicyclic) bond motifs is 2. The fraction of sp³-hybridized carbons (Fsp3) is 0.568. The number of nitrogens with two attached hydrogens (primary N) is 3. The number of cyclic esters (lactones) is 1. The van der Waals surface area contributed by atoms with E-state index in [9.17, 15) is 87.3 Å². The Morgan fingerprint density at radius 2 is 1.14 bits per heavy atom. The number of nitrogens with zero attached hydrogens (tertiary/aromatic N) is 10. The van der Waals surface area contributed by atoms with Gasteiger partial charge in [-0.1, -0.05) is 0 Å². The second-order valence-electron chi connectivity index (χ2n) is 21.3. The zero-order valence-corrected chi connectivity index (χ0v) is 51.3. The molecular formula is C44H57N15O31P4. The van der Waals surface area contributed by atoms with Crippen molar-refractivity contribution in [2.45, 2.75) is 124 Å². The molecule has 21 atom stereocenters. The van der Waals surface area contributed by atoms with E-state index in [0.717, 1.165) is 49.6 Å². The minimum atomic E-state index is -5.68. The van der Waals surface area contributed by atoms with Crippen LogP contribution < -0.4 is 39.7 Å². The molecule has 6 aromatic heterocycles. The zero-order chi connectivity index (χ0) is 67.7. The van der Waals surface area contributed by atoms with Crippen LogP contribution in [-0.2, 0) is 82.9 Å². The van der Waals surface area contributed by atoms with Gasteiger partial charge in [0.05, 0.1) is 52.1 Å². The van der Waals surface area contributed by atoms with Crippen molar-refractivity contribution >= 4 is 77.2 Å². The molecule has 17 N–H and O–H groups in total. The Hall–Kier alpha value is -6.59. The summed E-state index contributed by atoms with van der Waals surface area (Å²) in [6.07, 6.45) is -26.4. The Balaban J connectivity index is 0.754. The number of carbonyl (C=O) groups is 1. The van der Waals surface area contributed by atoms with Gasteiger partial charge >= 0.3 is 48.6 Å². The van der Waals surface area contributed by atoms with Crippen LogP contribution >= 0.6 is 31.3 Å². The van der Waals surface area contributed by atoms with Gasteiger partial charge in [0.2, 0.25) is 5.95 Å². The number of aryl methyl sites for hydroxylation is 1. The number of ether oxygens (including phenoxy) is 5. The van der Waals surface area contributed by atoms with Crippen LogP contribution in [0.1, 0.15) is 43.3 Å². The maximum Gasteiger partial charge on any atom is 0.472 e. The van der Waals surface area contributed by atoms with Crippen molar-refractivity contribution in [2.24, 2.45) is 0 Å². The number of phosphoric acid groups is 4. The third-order valence-electron chi connectivity index (χ3n) is 15.0. The van der Waals surface area contributed by atoms with Gasteiger partial charge in [0.25, 0.3) is 11.1 Å². The predicted octanol–water partition coefficient (Wildman–Crippen LogP) is -5.44. The summed E-state index contributed by atoms with van der Waals surface area (Å²) in [5.41, 5.74) is 13.1. The van der Waals surface area contributed by atoms with Gasteiger partial charge in [-0.25, -0.2) is 47.8 Å². The summed E-state index contributed by atoms with van der Waals surface area (Å²) < 4.78 is 129. The monoisotopic (exact) mass is 1420 g/mol. The van der Waals surface area contributed by atoms with E-state index in [1.807, 2.05) is 0 Å². The number of esters is 1. The molecule has 6 aromatic rings. The Morgan fingerprint density at radius 1 is 0.596 bits per heavy atom. The number of imidazole rings is 2. The van der Waals surface area contributed by atoms with Crippen LogP contribution in [0.4, 0.5) is 17.6 Å². The number of aromatic amines is 2. The fourth-order valence-electron chi connectivity index (χ4n) is 10.6. The average Bonchev–Trinajstić information content (AvgIpc) is 1.63. The first-order valence-corrected chi connectivity index (χ1v) is 33.4. The zero-order valence-electron chi connectivity index (χ0n) is 47.7. The first kappa shape index (κ1) is 68.8. The number of hydrogen-bond donors (Lipinski definition) is 14. The molecule has 5 saturated heterocycles. The quantitative estimate of drug-likeness (QED) is 0.0188. The lowest BCUT2D eigenvalue weighted by atomic mass is 10.1. The normalized spacial score (nSPS) is 32.2. The Morgan fingerprint density at radius 3 is 1.74 bits per heavy atom. The van der Waals surface area contributed by atoms with Crippen molar-refractivity contribution < 1.29 is 128 Å². The lowest BCUT2D eigenvalue weighted by Crippen LogP contribution is -2.37. The summed E-state index contributed by atoms with van der Waals surface area (Å²) >= 11 is 0. The van der Waals surface area contributed by atoms with E-state index in [-0.39, 0.29) is 45.9 Å². The molecule has 0 bridgehead atoms. The average molecular weight is 1420 g/mol. The molecule has 514 valence electrons. The number of aliphatic hydroxyl groups excluding tert-OH is 5. The van der Waals surface area contributed by atoms with Crippen LogP contribution in [0.2, 0.25) is 0 Å².